The van der Waals surface area contributed by atoms with Crippen molar-refractivity contribution in [1.29, 1.82) is 0 Å². The Bertz CT molecular complexity index is 580. The largest absolute Gasteiger partial charge is 0.399 e. The first-order valence-electron chi connectivity index (χ1n) is 6.60. The zero-order valence-corrected chi connectivity index (χ0v) is 13.0. The zero-order valence-electron chi connectivity index (χ0n) is 12.1. The number of benzene rings is 1. The average molecular weight is 298 g/mol. The Balaban J connectivity index is 2.51. The number of nitrogens with one attached hydrogen (secondary N) is 1. The van der Waals surface area contributed by atoms with Gasteiger partial charge >= 0.3 is 0 Å². The van der Waals surface area contributed by atoms with Crippen molar-refractivity contribution in [2.24, 2.45) is 0 Å². The molecule has 0 radical (unpaired) electrons. The Morgan fingerprint density at radius 1 is 1.35 bits per heavy atom. The second-order valence-corrected chi connectivity index (χ2v) is 7.82. The predicted molar refractivity (Wildman–Crippen MR) is 82.4 cm³/mol. The van der Waals surface area contributed by atoms with Gasteiger partial charge in [0.1, 0.15) is 0 Å². The maximum absolute atomic E-state index is 11.8. The molecule has 0 aliphatic rings. The minimum absolute atomic E-state index is 0.0357. The van der Waals surface area contributed by atoms with Gasteiger partial charge in [-0.25, -0.2) is 8.42 Å². The van der Waals surface area contributed by atoms with Crippen molar-refractivity contribution in [3.63, 3.8) is 0 Å². The van der Waals surface area contributed by atoms with Gasteiger partial charge in [-0.3, -0.25) is 4.79 Å². The van der Waals surface area contributed by atoms with Crippen LogP contribution in [-0.2, 0) is 14.6 Å². The van der Waals surface area contributed by atoms with Crippen molar-refractivity contribution in [1.82, 2.24) is 0 Å². The molecule has 5 nitrogen and oxygen atoms in total. The molecule has 1 aromatic carbocycles. The molecule has 0 aliphatic heterocycles. The molecule has 0 saturated carbocycles. The number of anilines is 2. The monoisotopic (exact) mass is 298 g/mol. The summed E-state index contributed by atoms with van der Waals surface area (Å²) < 4.78 is 23.2. The van der Waals surface area contributed by atoms with E-state index in [1.54, 1.807) is 26.0 Å². The Morgan fingerprint density at radius 2 is 2.00 bits per heavy atom. The van der Waals surface area contributed by atoms with E-state index in [1.807, 2.05) is 13.0 Å². The topological polar surface area (TPSA) is 89.3 Å². The van der Waals surface area contributed by atoms with Crippen LogP contribution in [0.5, 0.6) is 0 Å². The van der Waals surface area contributed by atoms with Crippen LogP contribution in [0.4, 0.5) is 11.4 Å². The van der Waals surface area contributed by atoms with Gasteiger partial charge in [0.05, 0.1) is 11.0 Å². The summed E-state index contributed by atoms with van der Waals surface area (Å²) in [5.74, 6) is -0.161. The van der Waals surface area contributed by atoms with Gasteiger partial charge in [-0.05, 0) is 44.9 Å². The fourth-order valence-electron chi connectivity index (χ4n) is 1.66. The van der Waals surface area contributed by atoms with Crippen LogP contribution < -0.4 is 11.1 Å². The Morgan fingerprint density at radius 3 is 2.60 bits per heavy atom. The van der Waals surface area contributed by atoms with Gasteiger partial charge in [0, 0.05) is 17.8 Å². The molecule has 0 fully saturated rings. The summed E-state index contributed by atoms with van der Waals surface area (Å²) in [7, 11) is -3.08. The Labute approximate surface area is 120 Å². The summed E-state index contributed by atoms with van der Waals surface area (Å²) in [5, 5.41) is 2.35. The number of carbonyl (C=O) groups is 1. The van der Waals surface area contributed by atoms with Crippen LogP contribution in [0.2, 0.25) is 0 Å². The average Bonchev–Trinajstić information content (AvgIpc) is 2.33. The smallest absolute Gasteiger partial charge is 0.224 e. The van der Waals surface area contributed by atoms with E-state index in [-0.39, 0.29) is 18.1 Å². The van der Waals surface area contributed by atoms with Crippen LogP contribution in [-0.4, -0.2) is 25.3 Å². The van der Waals surface area contributed by atoms with Crippen molar-refractivity contribution in [3.8, 4) is 0 Å². The van der Waals surface area contributed by atoms with Crippen molar-refractivity contribution < 1.29 is 13.2 Å². The second-order valence-electron chi connectivity index (χ2n) is 5.14. The first-order valence-corrected chi connectivity index (χ1v) is 8.31. The van der Waals surface area contributed by atoms with Crippen LogP contribution in [0.25, 0.3) is 0 Å². The molecule has 6 heteroatoms. The van der Waals surface area contributed by atoms with Crippen LogP contribution >= 0.6 is 0 Å². The van der Waals surface area contributed by atoms with Crippen molar-refractivity contribution >= 4 is 27.1 Å². The molecule has 0 spiro atoms. The number of hydrogen-bond acceptors (Lipinski definition) is 4. The van der Waals surface area contributed by atoms with Gasteiger partial charge in [-0.15, -0.1) is 0 Å². The lowest BCUT2D eigenvalue weighted by Gasteiger charge is -2.10. The van der Waals surface area contributed by atoms with E-state index in [0.29, 0.717) is 17.8 Å². The number of nitrogens with two attached hydrogens (primary N) is 1. The van der Waals surface area contributed by atoms with E-state index < -0.39 is 15.1 Å². The number of carbonyl (C=O) groups excluding carboxylic acids is 1. The third-order valence-corrected chi connectivity index (χ3v) is 5.38. The number of rotatable bonds is 6. The highest BCUT2D eigenvalue weighted by atomic mass is 32.2. The lowest BCUT2D eigenvalue weighted by Crippen LogP contribution is -2.20. The molecule has 20 heavy (non-hydrogen) atoms. The number of nitrogen functional groups attached to an aromatic ring is 1. The van der Waals surface area contributed by atoms with E-state index >= 15 is 0 Å². The van der Waals surface area contributed by atoms with Crippen LogP contribution in [0.1, 0.15) is 32.3 Å². The highest BCUT2D eigenvalue weighted by Gasteiger charge is 2.16. The summed E-state index contributed by atoms with van der Waals surface area (Å²) in [6.07, 6.45) is 0.508. The van der Waals surface area contributed by atoms with E-state index in [2.05, 4.69) is 5.32 Å². The maximum atomic E-state index is 11.8. The maximum Gasteiger partial charge on any atom is 0.224 e. The highest BCUT2D eigenvalue weighted by molar-refractivity contribution is 7.91. The molecule has 1 rings (SSSR count). The number of aryl methyl sites for hydroxylation is 1. The fourth-order valence-corrected chi connectivity index (χ4v) is 2.67. The first kappa shape index (κ1) is 16.5. The Kier molecular flexibility index (Phi) is 5.56. The highest BCUT2D eigenvalue weighted by Crippen LogP contribution is 2.18. The van der Waals surface area contributed by atoms with Gasteiger partial charge in [0.25, 0.3) is 0 Å². The molecule has 0 unspecified atom stereocenters. The fraction of sp³-hybridized carbons (Fsp3) is 0.500. The Hall–Kier alpha value is -1.56. The van der Waals surface area contributed by atoms with Gasteiger partial charge in [0.15, 0.2) is 9.84 Å². The molecule has 1 aromatic rings. The molecule has 3 N–H and O–H groups in total. The summed E-state index contributed by atoms with van der Waals surface area (Å²) in [5.41, 5.74) is 7.83. The third-order valence-electron chi connectivity index (χ3n) is 3.09. The van der Waals surface area contributed by atoms with Crippen molar-refractivity contribution in [2.45, 2.75) is 38.9 Å². The van der Waals surface area contributed by atoms with Crippen LogP contribution in [0.3, 0.4) is 0 Å². The van der Waals surface area contributed by atoms with Crippen molar-refractivity contribution in [3.05, 3.63) is 23.8 Å². The van der Waals surface area contributed by atoms with Crippen molar-refractivity contribution in [2.75, 3.05) is 16.8 Å². The predicted octanol–water partition coefficient (Wildman–Crippen LogP) is 2.12. The molecule has 0 aliphatic carbocycles. The molecule has 0 saturated heterocycles. The standard InChI is InChI=1S/C14H22N2O3S/c1-10(2)20(18,19)8-4-5-14(17)16-13-9-12(15)7-6-11(13)3/h6-7,9-10H,4-5,8,15H2,1-3H3,(H,16,17). The third kappa shape index (κ3) is 4.85. The molecule has 112 valence electrons. The summed E-state index contributed by atoms with van der Waals surface area (Å²) in [6, 6.07) is 5.28. The van der Waals surface area contributed by atoms with Gasteiger partial charge in [0.2, 0.25) is 5.91 Å². The number of sulfone groups is 1. The number of amides is 1. The summed E-state index contributed by atoms with van der Waals surface area (Å²) in [4.78, 5) is 11.8. The van der Waals surface area contributed by atoms with Crippen LogP contribution in [0, 0.1) is 6.92 Å². The summed E-state index contributed by atoms with van der Waals surface area (Å²) >= 11 is 0. The zero-order chi connectivity index (χ0) is 15.3. The molecular weight excluding hydrogens is 276 g/mol. The minimum Gasteiger partial charge on any atom is -0.399 e. The molecule has 0 atom stereocenters. The number of hydrogen-bond donors (Lipinski definition) is 2. The lowest BCUT2D eigenvalue weighted by molar-refractivity contribution is -0.116. The second kappa shape index (κ2) is 6.74. The van der Waals surface area contributed by atoms with Crippen LogP contribution in [0.15, 0.2) is 18.2 Å². The van der Waals surface area contributed by atoms with Gasteiger partial charge in [-0.2, -0.15) is 0 Å². The van der Waals surface area contributed by atoms with E-state index in [9.17, 15) is 13.2 Å². The van der Waals surface area contributed by atoms with E-state index in [4.69, 9.17) is 5.73 Å². The molecular formula is C14H22N2O3S. The van der Waals surface area contributed by atoms with Gasteiger partial charge in [-0.1, -0.05) is 6.07 Å². The van der Waals surface area contributed by atoms with Gasteiger partial charge < -0.3 is 11.1 Å². The quantitative estimate of drug-likeness (QED) is 0.787. The molecule has 0 aromatic heterocycles. The molecule has 0 heterocycles. The van der Waals surface area contributed by atoms with E-state index in [1.165, 1.54) is 0 Å². The summed E-state index contributed by atoms with van der Waals surface area (Å²) in [6.45, 7) is 5.16. The molecule has 1 amide bonds. The first-order chi connectivity index (χ1) is 9.22. The lowest BCUT2D eigenvalue weighted by atomic mass is 10.1. The SMILES string of the molecule is Cc1ccc(N)cc1NC(=O)CCCS(=O)(=O)C(C)C. The normalized spacial score (nSPS) is 11.6. The molecule has 0 bridgehead atoms. The minimum atomic E-state index is -3.08. The van der Waals surface area contributed by atoms with E-state index in [0.717, 1.165) is 5.56 Å².